The number of benzene rings is 1. The molecular weight excluding hydrogens is 274 g/mol. The number of sulfone groups is 1. The number of aryl methyl sites for hydroxylation is 1. The fraction of sp³-hybridized carbons (Fsp3) is 0.273. The largest absolute Gasteiger partial charge is 0.241 e. The van der Waals surface area contributed by atoms with Crippen molar-refractivity contribution in [1.82, 2.24) is 4.72 Å². The van der Waals surface area contributed by atoms with Gasteiger partial charge in [0, 0.05) is 5.41 Å². The van der Waals surface area contributed by atoms with Crippen LogP contribution in [0, 0.1) is 6.92 Å². The van der Waals surface area contributed by atoms with E-state index in [1.54, 1.807) is 25.1 Å². The maximum atomic E-state index is 12.1. The van der Waals surface area contributed by atoms with E-state index in [9.17, 15) is 16.8 Å². The molecule has 0 spiro atoms. The quantitative estimate of drug-likeness (QED) is 0.882. The Balaban J connectivity index is 2.25. The SMILES string of the molecule is Cc1ccccc1S(=O)(=O)NC1C=CS(=O)(=O)C1. The molecule has 1 aromatic carbocycles. The lowest BCUT2D eigenvalue weighted by Gasteiger charge is -2.12. The molecule has 18 heavy (non-hydrogen) atoms. The molecule has 0 fully saturated rings. The van der Waals surface area contributed by atoms with Crippen LogP contribution in [0.25, 0.3) is 0 Å². The molecule has 0 bridgehead atoms. The molecule has 1 aliphatic rings. The van der Waals surface area contributed by atoms with Gasteiger partial charge in [-0.05, 0) is 18.6 Å². The summed E-state index contributed by atoms with van der Waals surface area (Å²) >= 11 is 0. The lowest BCUT2D eigenvalue weighted by molar-refractivity contribution is 0.574. The van der Waals surface area contributed by atoms with Gasteiger partial charge in [-0.3, -0.25) is 0 Å². The highest BCUT2D eigenvalue weighted by atomic mass is 32.2. The van der Waals surface area contributed by atoms with Crippen molar-refractivity contribution >= 4 is 19.9 Å². The summed E-state index contributed by atoms with van der Waals surface area (Å²) in [6.45, 7) is 1.69. The highest BCUT2D eigenvalue weighted by Gasteiger charge is 2.27. The zero-order valence-electron chi connectivity index (χ0n) is 9.70. The predicted octanol–water partition coefficient (Wildman–Crippen LogP) is 0.584. The number of hydrogen-bond donors (Lipinski definition) is 1. The van der Waals surface area contributed by atoms with Crippen LogP contribution in [0.15, 0.2) is 40.6 Å². The summed E-state index contributed by atoms with van der Waals surface area (Å²) in [5.74, 6) is -0.224. The summed E-state index contributed by atoms with van der Waals surface area (Å²) in [6, 6.07) is 5.86. The van der Waals surface area contributed by atoms with Gasteiger partial charge in [-0.25, -0.2) is 21.6 Å². The van der Waals surface area contributed by atoms with Crippen LogP contribution in [-0.2, 0) is 19.9 Å². The van der Waals surface area contributed by atoms with Crippen LogP contribution < -0.4 is 4.72 Å². The van der Waals surface area contributed by atoms with E-state index in [1.165, 1.54) is 12.1 Å². The molecule has 2 rings (SSSR count). The van der Waals surface area contributed by atoms with Gasteiger partial charge in [-0.15, -0.1) is 0 Å². The van der Waals surface area contributed by atoms with Gasteiger partial charge in [0.1, 0.15) is 0 Å². The molecular formula is C11H13NO4S2. The van der Waals surface area contributed by atoms with E-state index >= 15 is 0 Å². The van der Waals surface area contributed by atoms with Gasteiger partial charge in [0.15, 0.2) is 9.84 Å². The Morgan fingerprint density at radius 2 is 1.94 bits per heavy atom. The van der Waals surface area contributed by atoms with Crippen molar-refractivity contribution in [1.29, 1.82) is 0 Å². The van der Waals surface area contributed by atoms with Crippen molar-refractivity contribution in [3.63, 3.8) is 0 Å². The van der Waals surface area contributed by atoms with E-state index in [0.717, 1.165) is 5.41 Å². The lowest BCUT2D eigenvalue weighted by Crippen LogP contribution is -2.35. The van der Waals surface area contributed by atoms with Crippen LogP contribution in [0.5, 0.6) is 0 Å². The average Bonchev–Trinajstić information content (AvgIpc) is 2.57. The molecule has 1 aliphatic heterocycles. The van der Waals surface area contributed by atoms with E-state index < -0.39 is 25.9 Å². The van der Waals surface area contributed by atoms with Gasteiger partial charge >= 0.3 is 0 Å². The molecule has 0 amide bonds. The smallest absolute Gasteiger partial charge is 0.224 e. The topological polar surface area (TPSA) is 80.3 Å². The van der Waals surface area contributed by atoms with E-state index in [1.807, 2.05) is 0 Å². The number of hydrogen-bond acceptors (Lipinski definition) is 4. The molecule has 0 radical (unpaired) electrons. The predicted molar refractivity (Wildman–Crippen MR) is 68.2 cm³/mol. The van der Waals surface area contributed by atoms with E-state index in [0.29, 0.717) is 5.56 Å². The first-order chi connectivity index (χ1) is 8.30. The zero-order chi connectivity index (χ0) is 13.4. The number of nitrogens with one attached hydrogen (secondary N) is 1. The van der Waals surface area contributed by atoms with Gasteiger partial charge in [-0.2, -0.15) is 0 Å². The second-order valence-corrected chi connectivity index (χ2v) is 7.76. The first-order valence-corrected chi connectivity index (χ1v) is 8.49. The lowest BCUT2D eigenvalue weighted by atomic mass is 10.2. The molecule has 0 aromatic heterocycles. The summed E-state index contributed by atoms with van der Waals surface area (Å²) in [5, 5.41) is 1.04. The fourth-order valence-electron chi connectivity index (χ4n) is 1.77. The fourth-order valence-corrected chi connectivity index (χ4v) is 4.55. The van der Waals surface area contributed by atoms with Gasteiger partial charge in [0.2, 0.25) is 10.0 Å². The molecule has 1 N–H and O–H groups in total. The third-order valence-electron chi connectivity index (χ3n) is 2.62. The molecule has 7 heteroatoms. The second kappa shape index (κ2) is 4.49. The Kier molecular flexibility index (Phi) is 3.31. The average molecular weight is 287 g/mol. The highest BCUT2D eigenvalue weighted by Crippen LogP contribution is 2.16. The van der Waals surface area contributed by atoms with Crippen molar-refractivity contribution in [2.45, 2.75) is 17.9 Å². The number of rotatable bonds is 3. The normalized spacial score (nSPS) is 22.2. The number of sulfonamides is 1. The van der Waals surface area contributed by atoms with E-state index in [2.05, 4.69) is 4.72 Å². The third-order valence-corrected chi connectivity index (χ3v) is 5.67. The Morgan fingerprint density at radius 1 is 1.28 bits per heavy atom. The van der Waals surface area contributed by atoms with Crippen molar-refractivity contribution < 1.29 is 16.8 Å². The van der Waals surface area contributed by atoms with E-state index in [4.69, 9.17) is 0 Å². The monoisotopic (exact) mass is 287 g/mol. The summed E-state index contributed by atoms with van der Waals surface area (Å²) in [7, 11) is -6.96. The minimum absolute atomic E-state index is 0.169. The molecule has 1 heterocycles. The Bertz CT molecular complexity index is 690. The van der Waals surface area contributed by atoms with Gasteiger partial charge in [0.25, 0.3) is 0 Å². The summed E-state index contributed by atoms with van der Waals surface area (Å²) < 4.78 is 49.0. The first kappa shape index (κ1) is 13.3. The van der Waals surface area contributed by atoms with Crippen molar-refractivity contribution in [3.05, 3.63) is 41.3 Å². The van der Waals surface area contributed by atoms with Gasteiger partial charge < -0.3 is 0 Å². The standard InChI is InChI=1S/C11H13NO4S2/c1-9-4-2-3-5-11(9)18(15,16)12-10-6-7-17(13,14)8-10/h2-7,10,12H,8H2,1H3. The molecule has 1 unspecified atom stereocenters. The Morgan fingerprint density at radius 3 is 2.50 bits per heavy atom. The zero-order valence-corrected chi connectivity index (χ0v) is 11.3. The van der Waals surface area contributed by atoms with Gasteiger partial charge in [-0.1, -0.05) is 24.3 Å². The van der Waals surface area contributed by atoms with Crippen molar-refractivity contribution in [3.8, 4) is 0 Å². The summed E-state index contributed by atoms with van der Waals surface area (Å²) in [6.07, 6.45) is 1.35. The van der Waals surface area contributed by atoms with Crippen LogP contribution in [0.4, 0.5) is 0 Å². The molecule has 0 aliphatic carbocycles. The van der Waals surface area contributed by atoms with Crippen LogP contribution in [-0.4, -0.2) is 28.6 Å². The maximum absolute atomic E-state index is 12.1. The molecule has 1 aromatic rings. The highest BCUT2D eigenvalue weighted by molar-refractivity contribution is 7.94. The molecule has 0 saturated heterocycles. The molecule has 98 valence electrons. The van der Waals surface area contributed by atoms with Crippen LogP contribution in [0.1, 0.15) is 5.56 Å². The minimum atomic E-state index is -3.69. The summed E-state index contributed by atoms with van der Waals surface area (Å²) in [4.78, 5) is 0.169. The van der Waals surface area contributed by atoms with E-state index in [-0.39, 0.29) is 10.6 Å². The Hall–Kier alpha value is -1.18. The van der Waals surface area contributed by atoms with Crippen LogP contribution in [0.2, 0.25) is 0 Å². The minimum Gasteiger partial charge on any atom is -0.224 e. The van der Waals surface area contributed by atoms with Crippen LogP contribution in [0.3, 0.4) is 0 Å². The first-order valence-electron chi connectivity index (χ1n) is 5.29. The van der Waals surface area contributed by atoms with Crippen molar-refractivity contribution in [2.75, 3.05) is 5.75 Å². The molecule has 0 saturated carbocycles. The second-order valence-electron chi connectivity index (χ2n) is 4.15. The van der Waals surface area contributed by atoms with Gasteiger partial charge in [0.05, 0.1) is 16.7 Å². The molecule has 5 nitrogen and oxygen atoms in total. The summed E-state index contributed by atoms with van der Waals surface area (Å²) in [5.41, 5.74) is 0.620. The maximum Gasteiger partial charge on any atom is 0.241 e. The third kappa shape index (κ3) is 2.80. The molecule has 1 atom stereocenters. The Labute approximate surface area is 106 Å². The van der Waals surface area contributed by atoms with Crippen molar-refractivity contribution in [2.24, 2.45) is 0 Å². The van der Waals surface area contributed by atoms with Crippen LogP contribution >= 0.6 is 0 Å².